The first-order chi connectivity index (χ1) is 8.52. The summed E-state index contributed by atoms with van der Waals surface area (Å²) in [5.74, 6) is -1.43. The van der Waals surface area contributed by atoms with Crippen molar-refractivity contribution in [1.82, 2.24) is 0 Å². The van der Waals surface area contributed by atoms with Crippen LogP contribution in [0.5, 0.6) is 5.75 Å². The molecule has 1 aromatic rings. The van der Waals surface area contributed by atoms with Gasteiger partial charge in [-0.05, 0) is 18.2 Å². The van der Waals surface area contributed by atoms with Crippen LogP contribution in [-0.2, 0) is 9.59 Å². The average Bonchev–Trinajstić information content (AvgIpc) is 2.67. The van der Waals surface area contributed by atoms with E-state index < -0.39 is 5.97 Å². The number of carboxylic acids is 1. The first kappa shape index (κ1) is 12.1. The summed E-state index contributed by atoms with van der Waals surface area (Å²) in [4.78, 5) is 35.0. The van der Waals surface area contributed by atoms with E-state index in [4.69, 9.17) is 9.84 Å². The molecule has 0 aliphatic carbocycles. The number of carbonyl (C=O) groups excluding carboxylic acids is 2. The lowest BCUT2D eigenvalue weighted by atomic mass is 10.1. The summed E-state index contributed by atoms with van der Waals surface area (Å²) in [6, 6.07) is 4.36. The minimum atomic E-state index is -1.15. The van der Waals surface area contributed by atoms with Gasteiger partial charge in [-0.15, -0.1) is 0 Å². The van der Waals surface area contributed by atoms with E-state index >= 15 is 0 Å². The smallest absolute Gasteiger partial charge is 0.339 e. The van der Waals surface area contributed by atoms with Gasteiger partial charge in [-0.2, -0.15) is 0 Å². The van der Waals surface area contributed by atoms with Crippen LogP contribution in [0.4, 0.5) is 5.69 Å². The molecule has 94 valence electrons. The first-order valence-corrected chi connectivity index (χ1v) is 5.26. The Morgan fingerprint density at radius 2 is 2.11 bits per heavy atom. The van der Waals surface area contributed by atoms with Gasteiger partial charge in [0.25, 0.3) is 0 Å². The Morgan fingerprint density at radius 1 is 1.39 bits per heavy atom. The fourth-order valence-electron chi connectivity index (χ4n) is 1.85. The maximum Gasteiger partial charge on any atom is 0.339 e. The molecule has 1 aliphatic rings. The molecule has 0 bridgehead atoms. The predicted molar refractivity (Wildman–Crippen MR) is 61.9 cm³/mol. The Labute approximate surface area is 103 Å². The molecule has 0 aromatic heterocycles. The lowest BCUT2D eigenvalue weighted by Crippen LogP contribution is -2.24. The van der Waals surface area contributed by atoms with Gasteiger partial charge >= 0.3 is 5.97 Å². The third-order valence-corrected chi connectivity index (χ3v) is 2.71. The summed E-state index contributed by atoms with van der Waals surface area (Å²) >= 11 is 0. The molecule has 0 saturated carbocycles. The standard InChI is InChI=1S/C12H11NO5/c1-18-10-3-2-7(4-9(10)12(16)17)13-6-8(14)5-11(13)15/h2-4H,5-6H2,1H3,(H,16,17). The summed E-state index contributed by atoms with van der Waals surface area (Å²) in [6.07, 6.45) is -0.131. The van der Waals surface area contributed by atoms with Gasteiger partial charge in [-0.3, -0.25) is 9.59 Å². The topological polar surface area (TPSA) is 83.9 Å². The minimum Gasteiger partial charge on any atom is -0.496 e. The number of anilines is 1. The molecule has 1 saturated heterocycles. The molecule has 2 rings (SSSR count). The van der Waals surface area contributed by atoms with Crippen LogP contribution in [0.15, 0.2) is 18.2 Å². The van der Waals surface area contributed by atoms with Crippen molar-refractivity contribution >= 4 is 23.3 Å². The number of carbonyl (C=O) groups is 3. The maximum absolute atomic E-state index is 11.5. The Morgan fingerprint density at radius 3 is 2.61 bits per heavy atom. The fourth-order valence-corrected chi connectivity index (χ4v) is 1.85. The molecule has 1 aliphatic heterocycles. The summed E-state index contributed by atoms with van der Waals surface area (Å²) < 4.78 is 4.92. The number of hydrogen-bond donors (Lipinski definition) is 1. The van der Waals surface area contributed by atoms with Crippen LogP contribution >= 0.6 is 0 Å². The highest BCUT2D eigenvalue weighted by Gasteiger charge is 2.29. The van der Waals surface area contributed by atoms with Gasteiger partial charge in [0.05, 0.1) is 20.1 Å². The number of aromatic carboxylic acids is 1. The second kappa shape index (κ2) is 4.48. The largest absolute Gasteiger partial charge is 0.496 e. The van der Waals surface area contributed by atoms with Crippen LogP contribution in [0, 0.1) is 0 Å². The van der Waals surface area contributed by atoms with Crippen molar-refractivity contribution in [1.29, 1.82) is 0 Å². The highest BCUT2D eigenvalue weighted by molar-refractivity contribution is 6.15. The summed E-state index contributed by atoms with van der Waals surface area (Å²) in [7, 11) is 1.37. The van der Waals surface area contributed by atoms with Crippen LogP contribution in [0.3, 0.4) is 0 Å². The number of amides is 1. The van der Waals surface area contributed by atoms with Crippen LogP contribution < -0.4 is 9.64 Å². The van der Waals surface area contributed by atoms with Crippen LogP contribution in [0.2, 0.25) is 0 Å². The number of ether oxygens (including phenoxy) is 1. The monoisotopic (exact) mass is 249 g/mol. The van der Waals surface area contributed by atoms with Crippen molar-refractivity contribution in [2.45, 2.75) is 6.42 Å². The van der Waals surface area contributed by atoms with E-state index in [0.29, 0.717) is 5.69 Å². The lowest BCUT2D eigenvalue weighted by Gasteiger charge is -2.16. The van der Waals surface area contributed by atoms with Crippen LogP contribution in [0.1, 0.15) is 16.8 Å². The number of Topliss-reactive ketones (excluding diaryl/α,β-unsaturated/α-hetero) is 1. The predicted octanol–water partition coefficient (Wildman–Crippen LogP) is 0.699. The molecule has 6 nitrogen and oxygen atoms in total. The zero-order chi connectivity index (χ0) is 13.3. The molecule has 1 fully saturated rings. The molecule has 1 N–H and O–H groups in total. The number of benzene rings is 1. The van der Waals surface area contributed by atoms with Gasteiger partial charge in [0.1, 0.15) is 11.3 Å². The van der Waals surface area contributed by atoms with E-state index in [1.165, 1.54) is 24.1 Å². The quantitative estimate of drug-likeness (QED) is 0.797. The van der Waals surface area contributed by atoms with Crippen molar-refractivity contribution in [3.05, 3.63) is 23.8 Å². The van der Waals surface area contributed by atoms with E-state index in [1.807, 2.05) is 0 Å². The molecule has 0 atom stereocenters. The Kier molecular flexibility index (Phi) is 3.01. The molecule has 0 spiro atoms. The van der Waals surface area contributed by atoms with E-state index in [0.717, 1.165) is 0 Å². The minimum absolute atomic E-state index is 0.00970. The van der Waals surface area contributed by atoms with E-state index in [9.17, 15) is 14.4 Å². The molecular weight excluding hydrogens is 238 g/mol. The third-order valence-electron chi connectivity index (χ3n) is 2.71. The zero-order valence-corrected chi connectivity index (χ0v) is 9.67. The first-order valence-electron chi connectivity index (χ1n) is 5.26. The Hall–Kier alpha value is -2.37. The van der Waals surface area contributed by atoms with Gasteiger partial charge in [0, 0.05) is 5.69 Å². The van der Waals surface area contributed by atoms with Gasteiger partial charge in [-0.25, -0.2) is 4.79 Å². The average molecular weight is 249 g/mol. The third kappa shape index (κ3) is 2.04. The van der Waals surface area contributed by atoms with Gasteiger partial charge in [-0.1, -0.05) is 0 Å². The number of ketones is 1. The number of hydrogen-bond acceptors (Lipinski definition) is 4. The van der Waals surface area contributed by atoms with Crippen LogP contribution in [0.25, 0.3) is 0 Å². The molecule has 1 aromatic carbocycles. The second-order valence-corrected chi connectivity index (χ2v) is 3.89. The molecular formula is C12H11NO5. The second-order valence-electron chi connectivity index (χ2n) is 3.89. The zero-order valence-electron chi connectivity index (χ0n) is 9.67. The molecule has 1 heterocycles. The number of nitrogens with zero attached hydrogens (tertiary/aromatic N) is 1. The molecule has 0 radical (unpaired) electrons. The van der Waals surface area contributed by atoms with Gasteiger partial charge in [0.2, 0.25) is 5.91 Å². The molecule has 18 heavy (non-hydrogen) atoms. The van der Waals surface area contributed by atoms with Crippen LogP contribution in [-0.4, -0.2) is 36.4 Å². The van der Waals surface area contributed by atoms with E-state index in [-0.39, 0.29) is 36.0 Å². The number of rotatable bonds is 3. The Bertz CT molecular complexity index is 537. The number of methoxy groups -OCH3 is 1. The fraction of sp³-hybridized carbons (Fsp3) is 0.250. The summed E-state index contributed by atoms with van der Waals surface area (Å²) in [5, 5.41) is 9.03. The molecule has 6 heteroatoms. The number of carboxylic acid groups (broad SMARTS) is 1. The summed E-state index contributed by atoms with van der Waals surface area (Å²) in [6.45, 7) is -0.00970. The lowest BCUT2D eigenvalue weighted by molar-refractivity contribution is -0.121. The van der Waals surface area contributed by atoms with E-state index in [1.54, 1.807) is 6.07 Å². The Balaban J connectivity index is 2.41. The normalized spacial score (nSPS) is 15.1. The SMILES string of the molecule is COc1ccc(N2CC(=O)CC2=O)cc1C(=O)O. The summed E-state index contributed by atoms with van der Waals surface area (Å²) in [5.41, 5.74) is 0.353. The van der Waals surface area contributed by atoms with Crippen molar-refractivity contribution in [2.24, 2.45) is 0 Å². The highest BCUT2D eigenvalue weighted by Crippen LogP contribution is 2.27. The van der Waals surface area contributed by atoms with Crippen molar-refractivity contribution in [2.75, 3.05) is 18.6 Å². The molecule has 0 unspecified atom stereocenters. The highest BCUT2D eigenvalue weighted by atomic mass is 16.5. The van der Waals surface area contributed by atoms with Crippen molar-refractivity contribution in [3.63, 3.8) is 0 Å². The maximum atomic E-state index is 11.5. The van der Waals surface area contributed by atoms with Gasteiger partial charge in [0.15, 0.2) is 5.78 Å². The van der Waals surface area contributed by atoms with Crippen molar-refractivity contribution in [3.8, 4) is 5.75 Å². The molecule has 1 amide bonds. The van der Waals surface area contributed by atoms with E-state index in [2.05, 4.69) is 0 Å². The van der Waals surface area contributed by atoms with Crippen molar-refractivity contribution < 1.29 is 24.2 Å². The van der Waals surface area contributed by atoms with Gasteiger partial charge < -0.3 is 14.7 Å².